The van der Waals surface area contributed by atoms with Crippen molar-refractivity contribution in [1.82, 2.24) is 19.9 Å². The van der Waals surface area contributed by atoms with Crippen molar-refractivity contribution in [3.63, 3.8) is 0 Å². The number of aromatic nitrogens is 3. The molecule has 0 spiro atoms. The zero-order valence-corrected chi connectivity index (χ0v) is 17.1. The second-order valence-electron chi connectivity index (χ2n) is 8.45. The van der Waals surface area contributed by atoms with Crippen LogP contribution in [0.1, 0.15) is 60.8 Å². The van der Waals surface area contributed by atoms with Gasteiger partial charge in [-0.05, 0) is 57.5 Å². The van der Waals surface area contributed by atoms with E-state index in [1.54, 1.807) is 0 Å². The highest BCUT2D eigenvalue weighted by molar-refractivity contribution is 5.59. The highest BCUT2D eigenvalue weighted by Crippen LogP contribution is 2.48. The van der Waals surface area contributed by atoms with Crippen molar-refractivity contribution in [2.24, 2.45) is 0 Å². The minimum atomic E-state index is -4.51. The predicted octanol–water partition coefficient (Wildman–Crippen LogP) is 5.35. The first kappa shape index (κ1) is 21.9. The lowest BCUT2D eigenvalue weighted by Gasteiger charge is -2.31. The maximum Gasteiger partial charge on any atom is 0.416 e. The Bertz CT molecular complexity index is 925. The van der Waals surface area contributed by atoms with Gasteiger partial charge in [-0.3, -0.25) is 0 Å². The second-order valence-corrected chi connectivity index (χ2v) is 8.45. The summed E-state index contributed by atoms with van der Waals surface area (Å²) >= 11 is 0. The van der Waals surface area contributed by atoms with Crippen LogP contribution in [0.5, 0.6) is 0 Å². The van der Waals surface area contributed by atoms with Gasteiger partial charge in [0.25, 0.3) is 0 Å². The summed E-state index contributed by atoms with van der Waals surface area (Å²) in [4.78, 5) is 14.9. The molecule has 0 radical (unpaired) electrons. The molecule has 1 aliphatic carbocycles. The van der Waals surface area contributed by atoms with Gasteiger partial charge in [0.2, 0.25) is 5.92 Å². The molecule has 1 N–H and O–H groups in total. The summed E-state index contributed by atoms with van der Waals surface area (Å²) in [5, 5.41) is 2.86. The summed E-state index contributed by atoms with van der Waals surface area (Å²) in [5.74, 6) is -2.90. The van der Waals surface area contributed by atoms with Gasteiger partial charge < -0.3 is 10.2 Å². The van der Waals surface area contributed by atoms with E-state index in [0.29, 0.717) is 5.56 Å². The van der Waals surface area contributed by atoms with Crippen molar-refractivity contribution in [3.05, 3.63) is 41.5 Å². The van der Waals surface area contributed by atoms with Crippen molar-refractivity contribution in [2.75, 3.05) is 25.5 Å². The van der Waals surface area contributed by atoms with Crippen LogP contribution in [0.2, 0.25) is 0 Å². The number of nitrogens with zero attached hydrogens (tertiary/aromatic N) is 4. The van der Waals surface area contributed by atoms with Crippen molar-refractivity contribution >= 4 is 11.6 Å². The van der Waals surface area contributed by atoms with E-state index >= 15 is 0 Å². The van der Waals surface area contributed by atoms with Gasteiger partial charge in [-0.25, -0.2) is 23.7 Å². The average molecular weight is 441 g/mol. The van der Waals surface area contributed by atoms with Crippen molar-refractivity contribution < 1.29 is 22.0 Å². The van der Waals surface area contributed by atoms with E-state index in [2.05, 4.69) is 25.2 Å². The number of rotatable bonds is 4. The lowest BCUT2D eigenvalue weighted by Crippen LogP contribution is -2.30. The zero-order valence-electron chi connectivity index (χ0n) is 17.1. The molecule has 2 fully saturated rings. The first-order valence-electron chi connectivity index (χ1n) is 10.3. The Balaban J connectivity index is 1.71. The van der Waals surface area contributed by atoms with Crippen molar-refractivity contribution in [2.45, 2.75) is 56.0 Å². The zero-order chi connectivity index (χ0) is 22.2. The van der Waals surface area contributed by atoms with E-state index in [0.717, 1.165) is 50.0 Å². The molecule has 2 aromatic heterocycles. The number of hydrogen-bond donors (Lipinski definition) is 1. The molecule has 168 valence electrons. The molecule has 0 bridgehead atoms. The standard InChI is InChI=1S/C21H24F5N5/c1-31-8-4-13(5-9-31)18-17(14-2-6-20(22,23)11-14)19(29-12-28-18)30-16-10-15(3-7-27-16)21(24,25)26/h3,7,10,12-14H,2,4-6,8-9,11H2,1H3,(H,27,28,29,30). The highest BCUT2D eigenvalue weighted by atomic mass is 19.4. The molecule has 0 amide bonds. The quantitative estimate of drug-likeness (QED) is 0.649. The number of likely N-dealkylation sites (tertiary alicyclic amines) is 1. The Labute approximate surface area is 177 Å². The fourth-order valence-electron chi connectivity index (χ4n) is 4.51. The topological polar surface area (TPSA) is 53.9 Å². The Kier molecular flexibility index (Phi) is 5.85. The van der Waals surface area contributed by atoms with Gasteiger partial charge in [0.1, 0.15) is 18.0 Å². The first-order valence-corrected chi connectivity index (χ1v) is 10.3. The van der Waals surface area contributed by atoms with E-state index in [9.17, 15) is 22.0 Å². The lowest BCUT2D eigenvalue weighted by atomic mass is 9.85. The molecule has 31 heavy (non-hydrogen) atoms. The number of alkyl halides is 5. The fourth-order valence-corrected chi connectivity index (χ4v) is 4.51. The maximum absolute atomic E-state index is 14.0. The van der Waals surface area contributed by atoms with Crippen LogP contribution in [-0.4, -0.2) is 45.9 Å². The summed E-state index contributed by atoms with van der Waals surface area (Å²) in [6, 6.07) is 1.78. The van der Waals surface area contributed by atoms with Crippen LogP contribution in [0.15, 0.2) is 24.7 Å². The molecular formula is C21H24F5N5. The summed E-state index contributed by atoms with van der Waals surface area (Å²) < 4.78 is 67.3. The van der Waals surface area contributed by atoms with Crippen LogP contribution < -0.4 is 5.32 Å². The van der Waals surface area contributed by atoms with Crippen LogP contribution in [-0.2, 0) is 6.18 Å². The molecule has 0 aromatic carbocycles. The monoisotopic (exact) mass is 441 g/mol. The molecule has 3 heterocycles. The van der Waals surface area contributed by atoms with Crippen LogP contribution in [0.4, 0.5) is 33.6 Å². The minimum absolute atomic E-state index is 0.0335. The number of pyridine rings is 1. The van der Waals surface area contributed by atoms with E-state index in [-0.39, 0.29) is 36.8 Å². The van der Waals surface area contributed by atoms with Crippen LogP contribution in [0, 0.1) is 0 Å². The number of hydrogen-bond acceptors (Lipinski definition) is 5. The van der Waals surface area contributed by atoms with Crippen molar-refractivity contribution in [1.29, 1.82) is 0 Å². The second kappa shape index (κ2) is 8.29. The molecule has 2 aromatic rings. The molecule has 2 aliphatic rings. The number of piperidine rings is 1. The van der Waals surface area contributed by atoms with Gasteiger partial charge in [0.15, 0.2) is 0 Å². The van der Waals surface area contributed by atoms with Gasteiger partial charge in [-0.1, -0.05) is 0 Å². The molecule has 1 atom stereocenters. The van der Waals surface area contributed by atoms with Gasteiger partial charge in [0, 0.05) is 30.5 Å². The molecule has 4 rings (SSSR count). The van der Waals surface area contributed by atoms with E-state index in [4.69, 9.17) is 0 Å². The number of nitrogens with one attached hydrogen (secondary N) is 1. The Morgan fingerprint density at radius 1 is 1.06 bits per heavy atom. The van der Waals surface area contributed by atoms with Gasteiger partial charge in [-0.15, -0.1) is 0 Å². The highest BCUT2D eigenvalue weighted by Gasteiger charge is 2.43. The smallest absolute Gasteiger partial charge is 0.325 e. The van der Waals surface area contributed by atoms with Crippen LogP contribution in [0.3, 0.4) is 0 Å². The molecule has 1 saturated heterocycles. The Morgan fingerprint density at radius 3 is 2.45 bits per heavy atom. The van der Waals surface area contributed by atoms with Crippen molar-refractivity contribution in [3.8, 4) is 0 Å². The lowest BCUT2D eigenvalue weighted by molar-refractivity contribution is -0.137. The van der Waals surface area contributed by atoms with Gasteiger partial charge >= 0.3 is 6.18 Å². The predicted molar refractivity (Wildman–Crippen MR) is 106 cm³/mol. The third kappa shape index (κ3) is 4.94. The fraction of sp³-hybridized carbons (Fsp3) is 0.571. The molecule has 1 saturated carbocycles. The van der Waals surface area contributed by atoms with Crippen LogP contribution >= 0.6 is 0 Å². The largest absolute Gasteiger partial charge is 0.416 e. The van der Waals surface area contributed by atoms with E-state index < -0.39 is 23.6 Å². The SMILES string of the molecule is CN1CCC(c2ncnc(Nc3cc(C(F)(F)F)ccn3)c2C2CCC(F)(F)C2)CC1. The molecule has 1 aliphatic heterocycles. The first-order chi connectivity index (χ1) is 14.6. The minimum Gasteiger partial charge on any atom is -0.325 e. The molecule has 10 heteroatoms. The normalized spacial score (nSPS) is 22.6. The summed E-state index contributed by atoms with van der Waals surface area (Å²) in [6.07, 6.45) is -0.680. The van der Waals surface area contributed by atoms with Gasteiger partial charge in [0.05, 0.1) is 11.3 Å². The molecule has 1 unspecified atom stereocenters. The average Bonchev–Trinajstić information content (AvgIpc) is 3.07. The Hall–Kier alpha value is -2.36. The molecular weight excluding hydrogens is 417 g/mol. The third-order valence-electron chi connectivity index (χ3n) is 6.17. The Morgan fingerprint density at radius 2 is 1.81 bits per heavy atom. The summed E-state index contributed by atoms with van der Waals surface area (Å²) in [6.45, 7) is 1.74. The third-order valence-corrected chi connectivity index (χ3v) is 6.17. The van der Waals surface area contributed by atoms with Gasteiger partial charge in [-0.2, -0.15) is 13.2 Å². The molecule has 5 nitrogen and oxygen atoms in total. The van der Waals surface area contributed by atoms with E-state index in [1.807, 2.05) is 7.05 Å². The number of anilines is 2. The number of halogens is 5. The maximum atomic E-state index is 14.0. The summed E-state index contributed by atoms with van der Waals surface area (Å²) in [7, 11) is 2.03. The van der Waals surface area contributed by atoms with Crippen LogP contribution in [0.25, 0.3) is 0 Å². The van der Waals surface area contributed by atoms with E-state index in [1.165, 1.54) is 6.33 Å². The summed E-state index contributed by atoms with van der Waals surface area (Å²) in [5.41, 5.74) is 0.470.